The second-order valence-corrected chi connectivity index (χ2v) is 16.7. The third kappa shape index (κ3) is 8.90. The van der Waals surface area contributed by atoms with E-state index in [-0.39, 0.29) is 42.2 Å². The number of piperidine rings is 1. The third-order valence-corrected chi connectivity index (χ3v) is 12.3. The van der Waals surface area contributed by atoms with Gasteiger partial charge in [0.05, 0.1) is 41.0 Å². The van der Waals surface area contributed by atoms with Gasteiger partial charge in [-0.3, -0.25) is 34.8 Å². The number of halogens is 2. The second-order valence-electron chi connectivity index (χ2n) is 16.7. The van der Waals surface area contributed by atoms with Crippen LogP contribution in [0.25, 0.3) is 22.3 Å². The van der Waals surface area contributed by atoms with Crippen LogP contribution < -0.4 is 15.4 Å². The molecule has 0 aliphatic carbocycles. The number of hydrogen-bond donors (Lipinski definition) is 2. The number of pyridine rings is 1. The molecule has 3 aromatic heterocycles. The molecule has 2 saturated heterocycles. The summed E-state index contributed by atoms with van der Waals surface area (Å²) in [6.45, 7) is 7.10. The number of amides is 4. The number of carbonyl (C=O) groups excluding carboxylic acids is 4. The standard InChI is InChI=1S/C45H51F2N9O5/c1-26-7-6-18-61-44-33(24-48-54(44)4)37-22-30(19-27(2)49-37)41(58)52-45-50-36-11-9-29(23-38(36)56(45)25-26)43(60)53(3)31-8-5-15-55(17-14-31)16-13-28-20-34(46)40(35(47)21-28)32-10-12-39(57)51-42(32)59/h9,11,19-24,26,31-32H,5-8,10,12-18,25H2,1-4H3,(H,50,52,58)(H,51,57,59)/t26-,31-,32-/m1/s1. The second kappa shape index (κ2) is 17.5. The van der Waals surface area contributed by atoms with Crippen LogP contribution in [0.5, 0.6) is 5.88 Å². The zero-order valence-corrected chi connectivity index (χ0v) is 35.0. The fourth-order valence-corrected chi connectivity index (χ4v) is 8.91. The van der Waals surface area contributed by atoms with Crippen LogP contribution in [0, 0.1) is 24.5 Å². The molecule has 16 heteroatoms. The average molecular weight is 836 g/mol. The monoisotopic (exact) mass is 835 g/mol. The molecule has 2 N–H and O–H groups in total. The van der Waals surface area contributed by atoms with Crippen LogP contribution in [0.4, 0.5) is 14.7 Å². The van der Waals surface area contributed by atoms with Gasteiger partial charge in [-0.25, -0.2) is 18.4 Å². The topological polar surface area (TPSA) is 157 Å². The average Bonchev–Trinajstić information content (AvgIpc) is 3.65. The summed E-state index contributed by atoms with van der Waals surface area (Å²) in [6, 6.07) is 11.5. The lowest BCUT2D eigenvalue weighted by Gasteiger charge is -2.28. The SMILES string of the molecule is Cc1cc2cc(n1)-c1cnn(C)c1OCCC[C@@H](C)Cn1c(nc3ccc(C(=O)N(C)[C@@H]4CCCN(CCc5cc(F)c([C@H]6CCC(=O)NC6=O)c(F)c5)CC4)cc31)NC2=O. The number of imide groups is 1. The molecular formula is C45H51F2N9O5. The molecule has 3 atom stereocenters. The largest absolute Gasteiger partial charge is 0.477 e. The summed E-state index contributed by atoms with van der Waals surface area (Å²) in [5, 5.41) is 9.62. The Hall–Kier alpha value is -6.03. The molecule has 320 valence electrons. The number of aromatic nitrogens is 5. The maximum absolute atomic E-state index is 15.2. The van der Waals surface area contributed by atoms with Crippen molar-refractivity contribution in [2.24, 2.45) is 13.0 Å². The molecule has 2 aromatic carbocycles. The van der Waals surface area contributed by atoms with Crippen molar-refractivity contribution < 1.29 is 32.7 Å². The van der Waals surface area contributed by atoms with Crippen molar-refractivity contribution in [3.05, 3.63) is 88.2 Å². The first kappa shape index (κ1) is 41.7. The van der Waals surface area contributed by atoms with E-state index in [1.54, 1.807) is 29.1 Å². The van der Waals surface area contributed by atoms with Crippen molar-refractivity contribution in [1.29, 1.82) is 0 Å². The Labute approximate surface area is 352 Å². The van der Waals surface area contributed by atoms with Crippen molar-refractivity contribution in [3.63, 3.8) is 0 Å². The van der Waals surface area contributed by atoms with Crippen LogP contribution in [0.1, 0.15) is 95.3 Å². The smallest absolute Gasteiger partial charge is 0.258 e. The molecule has 14 nitrogen and oxygen atoms in total. The third-order valence-electron chi connectivity index (χ3n) is 12.3. The highest BCUT2D eigenvalue weighted by Crippen LogP contribution is 2.33. The first-order chi connectivity index (χ1) is 29.3. The number of anilines is 1. The van der Waals surface area contributed by atoms with E-state index in [0.717, 1.165) is 44.2 Å². The highest BCUT2D eigenvalue weighted by molar-refractivity contribution is 6.05. The van der Waals surface area contributed by atoms with Gasteiger partial charge in [-0.05, 0) is 112 Å². The van der Waals surface area contributed by atoms with Gasteiger partial charge >= 0.3 is 0 Å². The van der Waals surface area contributed by atoms with Gasteiger partial charge < -0.3 is 19.1 Å². The van der Waals surface area contributed by atoms with Crippen molar-refractivity contribution in [2.75, 3.05) is 38.6 Å². The van der Waals surface area contributed by atoms with E-state index in [9.17, 15) is 19.2 Å². The van der Waals surface area contributed by atoms with E-state index in [0.29, 0.717) is 83.6 Å². The summed E-state index contributed by atoms with van der Waals surface area (Å²) in [5.74, 6) is -2.97. The number of rotatable bonds is 6. The number of fused-ring (bicyclic) bond motifs is 7. The maximum atomic E-state index is 15.2. The molecule has 3 aliphatic rings. The van der Waals surface area contributed by atoms with E-state index < -0.39 is 29.4 Å². The molecule has 2 bridgehead atoms. The van der Waals surface area contributed by atoms with E-state index in [4.69, 9.17) is 9.72 Å². The summed E-state index contributed by atoms with van der Waals surface area (Å²) in [6.07, 6.45) is 6.24. The van der Waals surface area contributed by atoms with Crippen LogP contribution in [-0.4, -0.2) is 97.1 Å². The Kier molecular flexibility index (Phi) is 12.0. The van der Waals surface area contributed by atoms with E-state index in [1.165, 1.54) is 12.1 Å². The Morgan fingerprint density at radius 2 is 1.77 bits per heavy atom. The summed E-state index contributed by atoms with van der Waals surface area (Å²) >= 11 is 0. The molecule has 61 heavy (non-hydrogen) atoms. The normalized spacial score (nSPS) is 20.4. The van der Waals surface area contributed by atoms with Crippen LogP contribution in [0.15, 0.2) is 48.7 Å². The first-order valence-corrected chi connectivity index (χ1v) is 21.1. The van der Waals surface area contributed by atoms with Crippen molar-refractivity contribution in [1.82, 2.24) is 39.4 Å². The van der Waals surface area contributed by atoms with Gasteiger partial charge in [0, 0.05) is 68.6 Å². The molecule has 6 heterocycles. The number of carbonyl (C=O) groups is 4. The molecule has 5 aromatic rings. The van der Waals surface area contributed by atoms with E-state index in [1.807, 2.05) is 42.6 Å². The molecule has 0 radical (unpaired) electrons. The summed E-state index contributed by atoms with van der Waals surface area (Å²) in [4.78, 5) is 65.4. The van der Waals surface area contributed by atoms with Crippen LogP contribution in [0.3, 0.4) is 0 Å². The highest BCUT2D eigenvalue weighted by atomic mass is 19.1. The van der Waals surface area contributed by atoms with E-state index >= 15 is 8.78 Å². The number of hydrogen-bond acceptors (Lipinski definition) is 9. The molecular weight excluding hydrogens is 785 g/mol. The molecule has 8 rings (SSSR count). The van der Waals surface area contributed by atoms with Crippen molar-refractivity contribution in [2.45, 2.75) is 83.7 Å². The minimum absolute atomic E-state index is 0.0174. The van der Waals surface area contributed by atoms with Gasteiger partial charge in [0.1, 0.15) is 11.6 Å². The van der Waals surface area contributed by atoms with Gasteiger partial charge in [0.15, 0.2) is 0 Å². The minimum atomic E-state index is -1.03. The van der Waals surface area contributed by atoms with Gasteiger partial charge in [-0.15, -0.1) is 0 Å². The predicted octanol–water partition coefficient (Wildman–Crippen LogP) is 6.17. The Balaban J connectivity index is 0.954. The summed E-state index contributed by atoms with van der Waals surface area (Å²) < 4.78 is 40.2. The Morgan fingerprint density at radius 3 is 2.56 bits per heavy atom. The van der Waals surface area contributed by atoms with Gasteiger partial charge in [-0.2, -0.15) is 5.10 Å². The molecule has 0 saturated carbocycles. The molecule has 2 fully saturated rings. The van der Waals surface area contributed by atoms with Crippen LogP contribution in [-0.2, 0) is 29.6 Å². The minimum Gasteiger partial charge on any atom is -0.477 e. The molecule has 0 spiro atoms. The zero-order chi connectivity index (χ0) is 42.9. The van der Waals surface area contributed by atoms with Gasteiger partial charge in [0.2, 0.25) is 23.6 Å². The highest BCUT2D eigenvalue weighted by Gasteiger charge is 2.33. The number of aryl methyl sites for hydroxylation is 2. The van der Waals surface area contributed by atoms with E-state index in [2.05, 4.69) is 32.5 Å². The fraction of sp³-hybridized carbons (Fsp3) is 0.444. The zero-order valence-electron chi connectivity index (χ0n) is 35.0. The quantitative estimate of drug-likeness (QED) is 0.191. The molecule has 3 aliphatic heterocycles. The molecule has 0 unspecified atom stereocenters. The summed E-state index contributed by atoms with van der Waals surface area (Å²) in [5.41, 5.74) is 4.52. The number of imidazole rings is 1. The Bertz CT molecular complexity index is 2490. The van der Waals surface area contributed by atoms with Crippen LogP contribution >= 0.6 is 0 Å². The number of nitrogens with zero attached hydrogens (tertiary/aromatic N) is 7. The number of nitrogens with one attached hydrogen (secondary N) is 2. The van der Waals surface area contributed by atoms with Crippen molar-refractivity contribution >= 4 is 40.6 Å². The number of likely N-dealkylation sites (tertiary alicyclic amines) is 1. The summed E-state index contributed by atoms with van der Waals surface area (Å²) in [7, 11) is 3.65. The lowest BCUT2D eigenvalue weighted by Crippen LogP contribution is -2.40. The Morgan fingerprint density at radius 1 is 0.967 bits per heavy atom. The van der Waals surface area contributed by atoms with Gasteiger partial charge in [0.25, 0.3) is 11.8 Å². The lowest BCUT2D eigenvalue weighted by molar-refractivity contribution is -0.134. The van der Waals surface area contributed by atoms with Gasteiger partial charge in [-0.1, -0.05) is 6.92 Å². The lowest BCUT2D eigenvalue weighted by atomic mass is 9.89. The predicted molar refractivity (Wildman–Crippen MR) is 224 cm³/mol. The number of ether oxygens (including phenoxy) is 1. The molecule has 4 amide bonds. The fourth-order valence-electron chi connectivity index (χ4n) is 8.91. The number of benzene rings is 2. The maximum Gasteiger partial charge on any atom is 0.258 e. The first-order valence-electron chi connectivity index (χ1n) is 21.1. The van der Waals surface area contributed by atoms with Crippen molar-refractivity contribution in [3.8, 4) is 17.1 Å². The van der Waals surface area contributed by atoms with Crippen LogP contribution in [0.2, 0.25) is 0 Å².